The van der Waals surface area contributed by atoms with Crippen LogP contribution >= 0.6 is 0 Å². The number of hydrogen-bond donors (Lipinski definition) is 3. The number of amides is 1. The molecule has 0 atom stereocenters. The van der Waals surface area contributed by atoms with Gasteiger partial charge in [0.25, 0.3) is 0 Å². The van der Waals surface area contributed by atoms with E-state index in [4.69, 9.17) is 11.5 Å². The average molecular weight is 300 g/mol. The summed E-state index contributed by atoms with van der Waals surface area (Å²) in [6.07, 6.45) is 0.821. The summed E-state index contributed by atoms with van der Waals surface area (Å²) in [6, 6.07) is 4.47. The summed E-state index contributed by atoms with van der Waals surface area (Å²) in [4.78, 5) is 10.8. The van der Waals surface area contributed by atoms with Crippen LogP contribution in [0.3, 0.4) is 0 Å². The molecule has 8 heteroatoms. The summed E-state index contributed by atoms with van der Waals surface area (Å²) in [5.74, 6) is -0.372. The highest BCUT2D eigenvalue weighted by Gasteiger charge is 2.18. The molecular weight excluding hydrogens is 280 g/mol. The van der Waals surface area contributed by atoms with Crippen LogP contribution in [-0.2, 0) is 14.8 Å². The lowest BCUT2D eigenvalue weighted by Crippen LogP contribution is -2.22. The van der Waals surface area contributed by atoms with Gasteiger partial charge in [0.2, 0.25) is 15.9 Å². The number of primary amides is 1. The third-order valence-electron chi connectivity index (χ3n) is 2.72. The number of hydrogen-bond acceptors (Lipinski definition) is 5. The summed E-state index contributed by atoms with van der Waals surface area (Å²) in [5, 5.41) is 3.00. The predicted octanol–water partition coefficient (Wildman–Crippen LogP) is 0.197. The van der Waals surface area contributed by atoms with Crippen molar-refractivity contribution in [3.8, 4) is 0 Å². The van der Waals surface area contributed by atoms with E-state index in [0.717, 1.165) is 4.31 Å². The van der Waals surface area contributed by atoms with Crippen molar-refractivity contribution in [2.75, 3.05) is 31.7 Å². The van der Waals surface area contributed by atoms with Crippen LogP contribution in [0.15, 0.2) is 23.1 Å². The predicted molar refractivity (Wildman–Crippen MR) is 78.6 cm³/mol. The van der Waals surface area contributed by atoms with Crippen LogP contribution in [0.2, 0.25) is 0 Å². The van der Waals surface area contributed by atoms with Gasteiger partial charge >= 0.3 is 0 Å². The first kappa shape index (κ1) is 16.3. The molecule has 0 radical (unpaired) electrons. The van der Waals surface area contributed by atoms with E-state index in [2.05, 4.69) is 5.32 Å². The van der Waals surface area contributed by atoms with Gasteiger partial charge in [0, 0.05) is 27.1 Å². The zero-order chi connectivity index (χ0) is 15.3. The summed E-state index contributed by atoms with van der Waals surface area (Å²) < 4.78 is 25.2. The maximum Gasteiger partial charge on any atom is 0.242 e. The molecule has 0 heterocycles. The molecule has 0 aromatic heterocycles. The molecule has 112 valence electrons. The van der Waals surface area contributed by atoms with Crippen LogP contribution in [0.4, 0.5) is 11.4 Å². The number of sulfonamides is 1. The molecule has 0 aliphatic heterocycles. The highest BCUT2D eigenvalue weighted by Crippen LogP contribution is 2.24. The molecule has 0 saturated heterocycles. The van der Waals surface area contributed by atoms with E-state index in [1.54, 1.807) is 0 Å². The minimum absolute atomic E-state index is 0.161. The Balaban J connectivity index is 2.85. The molecule has 0 unspecified atom stereocenters. The van der Waals surface area contributed by atoms with Gasteiger partial charge < -0.3 is 16.8 Å². The highest BCUT2D eigenvalue weighted by molar-refractivity contribution is 7.89. The van der Waals surface area contributed by atoms with Crippen LogP contribution < -0.4 is 16.8 Å². The maximum atomic E-state index is 12.0. The van der Waals surface area contributed by atoms with Gasteiger partial charge in [-0.25, -0.2) is 12.7 Å². The maximum absolute atomic E-state index is 12.0. The van der Waals surface area contributed by atoms with Crippen molar-refractivity contribution in [1.82, 2.24) is 4.31 Å². The number of nitrogens with one attached hydrogen (secondary N) is 1. The van der Waals surface area contributed by atoms with Gasteiger partial charge in [0.1, 0.15) is 0 Å². The third-order valence-corrected chi connectivity index (χ3v) is 4.53. The first-order valence-corrected chi connectivity index (χ1v) is 7.53. The lowest BCUT2D eigenvalue weighted by molar-refractivity contribution is -0.118. The van der Waals surface area contributed by atoms with Crippen molar-refractivity contribution in [3.63, 3.8) is 0 Å². The summed E-state index contributed by atoms with van der Waals surface area (Å²) in [5.41, 5.74) is 11.8. The molecule has 5 N–H and O–H groups in total. The Hall–Kier alpha value is -1.80. The molecule has 0 saturated carbocycles. The van der Waals surface area contributed by atoms with Crippen LogP contribution in [0.25, 0.3) is 0 Å². The van der Waals surface area contributed by atoms with Crippen LogP contribution in [0, 0.1) is 0 Å². The van der Waals surface area contributed by atoms with E-state index in [9.17, 15) is 13.2 Å². The van der Waals surface area contributed by atoms with Crippen molar-refractivity contribution >= 4 is 27.3 Å². The van der Waals surface area contributed by atoms with Gasteiger partial charge in [0.15, 0.2) is 0 Å². The Morgan fingerprint density at radius 2 is 2.00 bits per heavy atom. The second kappa shape index (κ2) is 6.58. The van der Waals surface area contributed by atoms with Gasteiger partial charge in [-0.15, -0.1) is 0 Å². The molecule has 1 amide bonds. The fraction of sp³-hybridized carbons (Fsp3) is 0.417. The van der Waals surface area contributed by atoms with Crippen LogP contribution in [0.5, 0.6) is 0 Å². The molecule has 0 aliphatic rings. The van der Waals surface area contributed by atoms with E-state index in [1.807, 2.05) is 0 Å². The number of carbonyl (C=O) groups excluding carboxylic acids is 1. The Morgan fingerprint density at radius 3 is 2.55 bits per heavy atom. The molecule has 20 heavy (non-hydrogen) atoms. The highest BCUT2D eigenvalue weighted by atomic mass is 32.2. The van der Waals surface area contributed by atoms with E-state index in [1.165, 1.54) is 32.3 Å². The van der Waals surface area contributed by atoms with Gasteiger partial charge in [0.05, 0.1) is 16.3 Å². The monoisotopic (exact) mass is 300 g/mol. The topological polar surface area (TPSA) is 119 Å². The SMILES string of the molecule is CN(C)S(=O)(=O)c1ccc(N)c(NCCCC(N)=O)c1. The number of nitrogens with two attached hydrogens (primary N) is 2. The number of carbonyl (C=O) groups is 1. The van der Waals surface area contributed by atoms with E-state index < -0.39 is 10.0 Å². The Bertz CT molecular complexity index is 584. The lowest BCUT2D eigenvalue weighted by atomic mass is 10.2. The third kappa shape index (κ3) is 4.10. The Kier molecular flexibility index (Phi) is 5.34. The first-order valence-electron chi connectivity index (χ1n) is 6.09. The second-order valence-corrected chi connectivity index (χ2v) is 6.68. The number of nitrogen functional groups attached to an aromatic ring is 1. The molecular formula is C12H20N4O3S. The molecule has 0 bridgehead atoms. The minimum atomic E-state index is -3.50. The minimum Gasteiger partial charge on any atom is -0.397 e. The second-order valence-electron chi connectivity index (χ2n) is 4.53. The fourth-order valence-corrected chi connectivity index (χ4v) is 2.47. The Labute approximate surface area is 119 Å². The first-order chi connectivity index (χ1) is 9.25. The van der Waals surface area contributed by atoms with Crippen molar-refractivity contribution in [1.29, 1.82) is 0 Å². The molecule has 1 aromatic rings. The average Bonchev–Trinajstić information content (AvgIpc) is 2.35. The molecule has 7 nitrogen and oxygen atoms in total. The molecule has 0 fully saturated rings. The fourth-order valence-electron chi connectivity index (χ4n) is 1.55. The largest absolute Gasteiger partial charge is 0.397 e. The Morgan fingerprint density at radius 1 is 1.35 bits per heavy atom. The quantitative estimate of drug-likeness (QED) is 0.491. The normalized spacial score (nSPS) is 11.6. The van der Waals surface area contributed by atoms with E-state index in [0.29, 0.717) is 24.3 Å². The molecule has 1 rings (SSSR count). The summed E-state index contributed by atoms with van der Waals surface area (Å²) >= 11 is 0. The number of nitrogens with zero attached hydrogens (tertiary/aromatic N) is 1. The molecule has 0 aliphatic carbocycles. The van der Waals surface area contributed by atoms with Crippen molar-refractivity contribution in [2.24, 2.45) is 5.73 Å². The zero-order valence-corrected chi connectivity index (χ0v) is 12.4. The van der Waals surface area contributed by atoms with Crippen molar-refractivity contribution in [2.45, 2.75) is 17.7 Å². The summed E-state index contributed by atoms with van der Waals surface area (Å²) in [6.45, 7) is 0.485. The van der Waals surface area contributed by atoms with Crippen molar-refractivity contribution in [3.05, 3.63) is 18.2 Å². The van der Waals surface area contributed by atoms with E-state index in [-0.39, 0.29) is 17.2 Å². The zero-order valence-electron chi connectivity index (χ0n) is 11.6. The molecule has 1 aromatic carbocycles. The number of benzene rings is 1. The van der Waals surface area contributed by atoms with Crippen LogP contribution in [0.1, 0.15) is 12.8 Å². The van der Waals surface area contributed by atoms with Crippen LogP contribution in [-0.4, -0.2) is 39.3 Å². The smallest absolute Gasteiger partial charge is 0.242 e. The number of rotatable bonds is 7. The standard InChI is InChI=1S/C12H20N4O3S/c1-16(2)20(18,19)9-5-6-10(13)11(8-9)15-7-3-4-12(14)17/h5-6,8,15H,3-4,7,13H2,1-2H3,(H2,14,17). The van der Waals surface area contributed by atoms with E-state index >= 15 is 0 Å². The van der Waals surface area contributed by atoms with Crippen molar-refractivity contribution < 1.29 is 13.2 Å². The van der Waals surface area contributed by atoms with Gasteiger partial charge in [-0.2, -0.15) is 0 Å². The van der Waals surface area contributed by atoms with Gasteiger partial charge in [-0.05, 0) is 24.6 Å². The van der Waals surface area contributed by atoms with Gasteiger partial charge in [-0.3, -0.25) is 4.79 Å². The lowest BCUT2D eigenvalue weighted by Gasteiger charge is -2.14. The number of anilines is 2. The summed E-state index contributed by atoms with van der Waals surface area (Å²) in [7, 11) is -0.569. The van der Waals surface area contributed by atoms with Gasteiger partial charge in [-0.1, -0.05) is 0 Å². The molecule has 0 spiro atoms.